The van der Waals surface area contributed by atoms with Gasteiger partial charge >= 0.3 is 23.9 Å². The highest BCUT2D eigenvalue weighted by molar-refractivity contribution is 5.95. The molecule has 10 nitrogen and oxygen atoms in total. The summed E-state index contributed by atoms with van der Waals surface area (Å²) in [5, 5.41) is 0.533. The second kappa shape index (κ2) is 11.9. The highest BCUT2D eigenvalue weighted by Gasteiger charge is 2.23. The van der Waals surface area contributed by atoms with Crippen molar-refractivity contribution in [2.24, 2.45) is 0 Å². The van der Waals surface area contributed by atoms with E-state index in [-0.39, 0.29) is 36.0 Å². The lowest BCUT2D eigenvalue weighted by molar-refractivity contribution is -0.142. The minimum absolute atomic E-state index is 0.0572. The molecule has 0 saturated heterocycles. The number of furan rings is 1. The second-order valence-electron chi connectivity index (χ2n) is 7.84. The summed E-state index contributed by atoms with van der Waals surface area (Å²) in [5.74, 6) is -1.01. The fourth-order valence-corrected chi connectivity index (χ4v) is 3.51. The van der Waals surface area contributed by atoms with E-state index >= 15 is 0 Å². The van der Waals surface area contributed by atoms with E-state index in [1.807, 2.05) is 0 Å². The lowest BCUT2D eigenvalue weighted by atomic mass is 10.0. The Kier molecular flexibility index (Phi) is 8.68. The Labute approximate surface area is 212 Å². The first kappa shape index (κ1) is 27.0. The van der Waals surface area contributed by atoms with Crippen molar-refractivity contribution in [2.45, 2.75) is 34.3 Å². The minimum Gasteiger partial charge on any atom is -0.493 e. The highest BCUT2D eigenvalue weighted by atomic mass is 16.6. The van der Waals surface area contributed by atoms with Gasteiger partial charge in [0.25, 0.3) is 0 Å². The normalized spacial score (nSPS) is 10.8. The quantitative estimate of drug-likeness (QED) is 0.298. The summed E-state index contributed by atoms with van der Waals surface area (Å²) in [7, 11) is 1.43. The molecule has 0 spiro atoms. The Morgan fingerprint density at radius 3 is 2.11 bits per heavy atom. The van der Waals surface area contributed by atoms with Crippen molar-refractivity contribution in [3.8, 4) is 28.6 Å². The van der Waals surface area contributed by atoms with Crippen LogP contribution in [0.1, 0.15) is 38.8 Å². The van der Waals surface area contributed by atoms with Crippen LogP contribution in [0.15, 0.2) is 40.8 Å². The van der Waals surface area contributed by atoms with E-state index in [1.54, 1.807) is 42.5 Å². The number of methoxy groups -OCH3 is 1. The number of carbonyl (C=O) groups excluding carboxylic acids is 4. The van der Waals surface area contributed by atoms with E-state index < -0.39 is 23.9 Å². The smallest absolute Gasteiger partial charge is 0.308 e. The molecule has 3 aromatic rings. The van der Waals surface area contributed by atoms with E-state index in [0.29, 0.717) is 27.8 Å². The van der Waals surface area contributed by atoms with Gasteiger partial charge in [0.15, 0.2) is 22.8 Å². The van der Waals surface area contributed by atoms with Crippen molar-refractivity contribution < 1.29 is 47.3 Å². The Balaban J connectivity index is 2.21. The molecule has 2 aromatic carbocycles. The molecule has 0 aliphatic rings. The predicted octanol–water partition coefficient (Wildman–Crippen LogP) is 4.60. The van der Waals surface area contributed by atoms with E-state index in [4.69, 9.17) is 28.1 Å². The molecule has 37 heavy (non-hydrogen) atoms. The molecule has 0 aliphatic carbocycles. The average Bonchev–Trinajstić information content (AvgIpc) is 3.18. The molecule has 0 radical (unpaired) electrons. The third kappa shape index (κ3) is 6.97. The van der Waals surface area contributed by atoms with Crippen LogP contribution in [-0.2, 0) is 35.3 Å². The molecule has 0 unspecified atom stereocenters. The van der Waals surface area contributed by atoms with Gasteiger partial charge in [-0.1, -0.05) is 6.08 Å². The van der Waals surface area contributed by atoms with E-state index in [0.717, 1.165) is 0 Å². The molecular weight excluding hydrogens is 484 g/mol. The lowest BCUT2D eigenvalue weighted by Gasteiger charge is -2.10. The van der Waals surface area contributed by atoms with Gasteiger partial charge < -0.3 is 28.1 Å². The third-order valence-corrected chi connectivity index (χ3v) is 4.93. The largest absolute Gasteiger partial charge is 0.493 e. The zero-order valence-corrected chi connectivity index (χ0v) is 21.0. The van der Waals surface area contributed by atoms with Crippen LogP contribution in [0.25, 0.3) is 28.4 Å². The first-order valence-corrected chi connectivity index (χ1v) is 11.2. The molecule has 0 amide bonds. The molecule has 0 fully saturated rings. The Morgan fingerprint density at radius 1 is 0.811 bits per heavy atom. The average molecular weight is 510 g/mol. The Morgan fingerprint density at radius 2 is 1.49 bits per heavy atom. The molecule has 3 rings (SSSR count). The molecule has 194 valence electrons. The zero-order valence-electron chi connectivity index (χ0n) is 21.0. The number of benzene rings is 2. The van der Waals surface area contributed by atoms with Crippen LogP contribution in [-0.4, -0.2) is 37.6 Å². The summed E-state index contributed by atoms with van der Waals surface area (Å²) in [6.07, 6.45) is 3.32. The topological polar surface area (TPSA) is 128 Å². The maximum atomic E-state index is 11.8. The molecule has 0 N–H and O–H groups in total. The summed E-state index contributed by atoms with van der Waals surface area (Å²) < 4.78 is 32.3. The molecule has 0 saturated carbocycles. The number of fused-ring (bicyclic) bond motifs is 1. The fraction of sp³-hybridized carbons (Fsp3) is 0.259. The summed E-state index contributed by atoms with van der Waals surface area (Å²) in [6.45, 7) is 5.05. The standard InChI is InChI=1S/C27H26O10/c1-15(28)33-10-6-7-19-11-21-22(14-34-16(2)29)26(37-27(21)25(12-19)36-18(4)31)20-8-9-23(35-17(3)30)24(13-20)32-5/h6-9,11-13H,10,14H2,1-5H3/b7-6+. The Hall–Kier alpha value is -4.60. The van der Waals surface area contributed by atoms with Crippen LogP contribution in [0.3, 0.4) is 0 Å². The maximum Gasteiger partial charge on any atom is 0.308 e. The molecule has 1 heterocycles. The van der Waals surface area contributed by atoms with E-state index in [1.165, 1.54) is 34.8 Å². The number of esters is 4. The van der Waals surface area contributed by atoms with Gasteiger partial charge in [0.2, 0.25) is 0 Å². The first-order valence-electron chi connectivity index (χ1n) is 11.2. The molecule has 1 aromatic heterocycles. The van der Waals surface area contributed by atoms with Crippen LogP contribution in [0.5, 0.6) is 17.2 Å². The summed E-state index contributed by atoms with van der Waals surface area (Å²) >= 11 is 0. The van der Waals surface area contributed by atoms with Crippen LogP contribution >= 0.6 is 0 Å². The van der Waals surface area contributed by atoms with Crippen molar-refractivity contribution in [1.29, 1.82) is 0 Å². The van der Waals surface area contributed by atoms with Gasteiger partial charge in [-0.15, -0.1) is 0 Å². The summed E-state index contributed by atoms with van der Waals surface area (Å²) in [5.41, 5.74) is 1.92. The molecule has 10 heteroatoms. The molecule has 0 aliphatic heterocycles. The van der Waals surface area contributed by atoms with Crippen molar-refractivity contribution >= 4 is 40.9 Å². The Bertz CT molecular complexity index is 1380. The predicted molar refractivity (Wildman–Crippen MR) is 132 cm³/mol. The minimum atomic E-state index is -0.561. The van der Waals surface area contributed by atoms with Gasteiger partial charge in [-0.05, 0) is 42.0 Å². The van der Waals surface area contributed by atoms with E-state index in [2.05, 4.69) is 0 Å². The van der Waals surface area contributed by atoms with Crippen LogP contribution in [0.4, 0.5) is 0 Å². The molecule has 0 bridgehead atoms. The van der Waals surface area contributed by atoms with Gasteiger partial charge in [-0.3, -0.25) is 19.2 Å². The van der Waals surface area contributed by atoms with Crippen LogP contribution in [0, 0.1) is 0 Å². The summed E-state index contributed by atoms with van der Waals surface area (Å²) in [4.78, 5) is 45.9. The van der Waals surface area contributed by atoms with Crippen molar-refractivity contribution in [3.05, 3.63) is 47.5 Å². The molecule has 0 atom stereocenters. The van der Waals surface area contributed by atoms with Gasteiger partial charge in [0.05, 0.1) is 7.11 Å². The van der Waals surface area contributed by atoms with Crippen molar-refractivity contribution in [1.82, 2.24) is 0 Å². The van der Waals surface area contributed by atoms with Gasteiger partial charge in [-0.25, -0.2) is 0 Å². The second-order valence-corrected chi connectivity index (χ2v) is 7.84. The summed E-state index contributed by atoms with van der Waals surface area (Å²) in [6, 6.07) is 8.18. The number of hydrogen-bond donors (Lipinski definition) is 0. The fourth-order valence-electron chi connectivity index (χ4n) is 3.51. The van der Waals surface area contributed by atoms with Gasteiger partial charge in [-0.2, -0.15) is 0 Å². The lowest BCUT2D eigenvalue weighted by Crippen LogP contribution is -2.03. The monoisotopic (exact) mass is 510 g/mol. The number of hydrogen-bond acceptors (Lipinski definition) is 10. The van der Waals surface area contributed by atoms with Gasteiger partial charge in [0, 0.05) is 44.2 Å². The number of rotatable bonds is 9. The first-order chi connectivity index (χ1) is 17.6. The van der Waals surface area contributed by atoms with E-state index in [9.17, 15) is 19.2 Å². The van der Waals surface area contributed by atoms with Gasteiger partial charge in [0.1, 0.15) is 19.0 Å². The third-order valence-electron chi connectivity index (χ3n) is 4.93. The number of ether oxygens (including phenoxy) is 5. The zero-order chi connectivity index (χ0) is 27.1. The molecular formula is C27H26O10. The maximum absolute atomic E-state index is 11.8. The van der Waals surface area contributed by atoms with Crippen molar-refractivity contribution in [3.63, 3.8) is 0 Å². The van der Waals surface area contributed by atoms with Crippen LogP contribution < -0.4 is 14.2 Å². The van der Waals surface area contributed by atoms with Crippen LogP contribution in [0.2, 0.25) is 0 Å². The van der Waals surface area contributed by atoms with Crippen molar-refractivity contribution in [2.75, 3.05) is 13.7 Å². The SMILES string of the molecule is COc1cc(-c2oc3c(OC(C)=O)cc(/C=C/COC(C)=O)cc3c2COC(C)=O)ccc1OC(C)=O. The number of carbonyl (C=O) groups is 4. The highest BCUT2D eigenvalue weighted by Crippen LogP contribution is 2.42.